The summed E-state index contributed by atoms with van der Waals surface area (Å²) in [5.41, 5.74) is 2.96. The van der Waals surface area contributed by atoms with Crippen LogP contribution < -0.4 is 9.64 Å². The topological polar surface area (TPSA) is 71.7 Å². The van der Waals surface area contributed by atoms with Crippen molar-refractivity contribution in [3.8, 4) is 5.88 Å². The van der Waals surface area contributed by atoms with Gasteiger partial charge in [-0.15, -0.1) is 10.2 Å². The molecule has 1 fully saturated rings. The minimum atomic E-state index is 0.615. The molecule has 1 aromatic carbocycles. The predicted octanol–water partition coefficient (Wildman–Crippen LogP) is 2.00. The number of pyridine rings is 1. The number of hydrogen-bond acceptors (Lipinski definition) is 7. The van der Waals surface area contributed by atoms with E-state index in [1.54, 1.807) is 7.11 Å². The highest BCUT2D eigenvalue weighted by Crippen LogP contribution is 2.27. The second kappa shape index (κ2) is 7.05. The van der Waals surface area contributed by atoms with E-state index in [1.165, 1.54) is 12.0 Å². The Balaban J connectivity index is 1.30. The molecular formula is C20H21N7O. The van der Waals surface area contributed by atoms with Crippen molar-refractivity contribution in [2.45, 2.75) is 6.54 Å². The highest BCUT2D eigenvalue weighted by atomic mass is 16.5. The fourth-order valence-electron chi connectivity index (χ4n) is 3.74. The molecule has 0 unspecified atom stereocenters. The number of anilines is 1. The Bertz CT molecular complexity index is 1120. The van der Waals surface area contributed by atoms with Gasteiger partial charge in [0, 0.05) is 38.1 Å². The van der Waals surface area contributed by atoms with Gasteiger partial charge in [0.1, 0.15) is 6.33 Å². The van der Waals surface area contributed by atoms with Gasteiger partial charge in [-0.1, -0.05) is 6.07 Å². The van der Waals surface area contributed by atoms with Crippen molar-refractivity contribution in [2.24, 2.45) is 0 Å². The largest absolute Gasteiger partial charge is 0.480 e. The second-order valence-corrected chi connectivity index (χ2v) is 6.89. The van der Waals surface area contributed by atoms with Gasteiger partial charge < -0.3 is 9.64 Å². The lowest BCUT2D eigenvalue weighted by Crippen LogP contribution is -2.46. The third kappa shape index (κ3) is 3.01. The monoisotopic (exact) mass is 375 g/mol. The van der Waals surface area contributed by atoms with E-state index in [0.717, 1.165) is 55.1 Å². The summed E-state index contributed by atoms with van der Waals surface area (Å²) < 4.78 is 7.45. The zero-order valence-electron chi connectivity index (χ0n) is 15.7. The average molecular weight is 375 g/mol. The molecule has 4 aromatic rings. The summed E-state index contributed by atoms with van der Waals surface area (Å²) in [6, 6.07) is 12.2. The Morgan fingerprint density at radius 1 is 1.00 bits per heavy atom. The van der Waals surface area contributed by atoms with Crippen LogP contribution in [0.2, 0.25) is 0 Å². The van der Waals surface area contributed by atoms with E-state index in [2.05, 4.69) is 46.5 Å². The summed E-state index contributed by atoms with van der Waals surface area (Å²) in [6.45, 7) is 4.67. The molecule has 0 bridgehead atoms. The third-order valence-electron chi connectivity index (χ3n) is 5.26. The van der Waals surface area contributed by atoms with Crippen LogP contribution in [-0.4, -0.2) is 62.8 Å². The summed E-state index contributed by atoms with van der Waals surface area (Å²) in [4.78, 5) is 13.4. The molecule has 1 saturated heterocycles. The van der Waals surface area contributed by atoms with Crippen molar-refractivity contribution in [3.63, 3.8) is 0 Å². The summed E-state index contributed by atoms with van der Waals surface area (Å²) in [7, 11) is 1.64. The Morgan fingerprint density at radius 2 is 1.89 bits per heavy atom. The van der Waals surface area contributed by atoms with Crippen LogP contribution in [0.1, 0.15) is 5.82 Å². The number of nitrogens with zero attached hydrogens (tertiary/aromatic N) is 7. The number of rotatable bonds is 4. The first kappa shape index (κ1) is 16.9. The lowest BCUT2D eigenvalue weighted by Gasteiger charge is -2.35. The van der Waals surface area contributed by atoms with Gasteiger partial charge in [0.15, 0.2) is 11.5 Å². The van der Waals surface area contributed by atoms with E-state index in [4.69, 9.17) is 4.74 Å². The average Bonchev–Trinajstić information content (AvgIpc) is 3.16. The fraction of sp³-hybridized carbons (Fsp3) is 0.300. The number of hydrogen-bond donors (Lipinski definition) is 0. The van der Waals surface area contributed by atoms with Crippen molar-refractivity contribution in [2.75, 3.05) is 38.2 Å². The zero-order chi connectivity index (χ0) is 18.9. The lowest BCUT2D eigenvalue weighted by molar-refractivity contribution is 0.243. The number of ether oxygens (including phenoxy) is 1. The highest BCUT2D eigenvalue weighted by molar-refractivity contribution is 5.86. The van der Waals surface area contributed by atoms with Crippen LogP contribution in [-0.2, 0) is 6.54 Å². The van der Waals surface area contributed by atoms with Crippen LogP contribution >= 0.6 is 0 Å². The van der Waals surface area contributed by atoms with E-state index >= 15 is 0 Å². The Hall–Kier alpha value is -3.26. The van der Waals surface area contributed by atoms with Crippen LogP contribution in [0.5, 0.6) is 5.88 Å². The molecule has 0 N–H and O–H groups in total. The van der Waals surface area contributed by atoms with Gasteiger partial charge in [0.05, 0.1) is 24.6 Å². The summed E-state index contributed by atoms with van der Waals surface area (Å²) in [5.74, 6) is 1.60. The molecule has 3 aromatic heterocycles. The zero-order valence-corrected chi connectivity index (χ0v) is 15.7. The molecule has 142 valence electrons. The maximum Gasteiger partial charge on any atom is 0.224 e. The van der Waals surface area contributed by atoms with E-state index in [-0.39, 0.29) is 0 Å². The molecule has 8 heteroatoms. The van der Waals surface area contributed by atoms with Gasteiger partial charge in [-0.3, -0.25) is 9.30 Å². The standard InChI is InChI=1S/C20H21N7O/c1-28-20-16-12-15(5-6-17(16)21-14-22-20)26-10-8-25(9-11-26)13-19-24-23-18-4-2-3-7-27(18)19/h2-7,12,14H,8-11,13H2,1H3. The van der Waals surface area contributed by atoms with Gasteiger partial charge in [-0.25, -0.2) is 9.97 Å². The number of benzene rings is 1. The minimum Gasteiger partial charge on any atom is -0.480 e. The Morgan fingerprint density at radius 3 is 2.75 bits per heavy atom. The number of fused-ring (bicyclic) bond motifs is 2. The predicted molar refractivity (Wildman–Crippen MR) is 107 cm³/mol. The molecule has 1 aliphatic heterocycles. The van der Waals surface area contributed by atoms with Crippen molar-refractivity contribution in [1.82, 2.24) is 29.5 Å². The number of piperazine rings is 1. The van der Waals surface area contributed by atoms with Gasteiger partial charge in [-0.2, -0.15) is 0 Å². The highest BCUT2D eigenvalue weighted by Gasteiger charge is 2.20. The molecule has 0 aliphatic carbocycles. The smallest absolute Gasteiger partial charge is 0.224 e. The molecule has 8 nitrogen and oxygen atoms in total. The van der Waals surface area contributed by atoms with Crippen LogP contribution in [0, 0.1) is 0 Å². The fourth-order valence-corrected chi connectivity index (χ4v) is 3.74. The molecule has 0 saturated carbocycles. The maximum absolute atomic E-state index is 5.39. The van der Waals surface area contributed by atoms with Crippen LogP contribution in [0.25, 0.3) is 16.6 Å². The molecule has 0 atom stereocenters. The van der Waals surface area contributed by atoms with E-state index in [9.17, 15) is 0 Å². The SMILES string of the molecule is COc1ncnc2ccc(N3CCN(Cc4nnc5ccccn45)CC3)cc12. The number of methoxy groups -OCH3 is 1. The number of aromatic nitrogens is 5. The molecule has 4 heterocycles. The molecule has 0 spiro atoms. The van der Waals surface area contributed by atoms with Crippen LogP contribution in [0.15, 0.2) is 48.9 Å². The molecule has 0 radical (unpaired) electrons. The van der Waals surface area contributed by atoms with Crippen molar-refractivity contribution >= 4 is 22.2 Å². The first-order chi connectivity index (χ1) is 13.8. The van der Waals surface area contributed by atoms with Crippen LogP contribution in [0.4, 0.5) is 5.69 Å². The minimum absolute atomic E-state index is 0.615. The first-order valence-electron chi connectivity index (χ1n) is 9.36. The van der Waals surface area contributed by atoms with Gasteiger partial charge in [0.25, 0.3) is 0 Å². The molecular weight excluding hydrogens is 354 g/mol. The lowest BCUT2D eigenvalue weighted by atomic mass is 10.2. The van der Waals surface area contributed by atoms with Crippen molar-refractivity contribution < 1.29 is 4.74 Å². The quantitative estimate of drug-likeness (QED) is 0.540. The van der Waals surface area contributed by atoms with Crippen molar-refractivity contribution in [3.05, 3.63) is 54.7 Å². The molecule has 28 heavy (non-hydrogen) atoms. The maximum atomic E-state index is 5.39. The summed E-state index contributed by atoms with van der Waals surface area (Å²) in [5, 5.41) is 9.54. The summed E-state index contributed by atoms with van der Waals surface area (Å²) >= 11 is 0. The van der Waals surface area contributed by atoms with E-state index in [1.807, 2.05) is 30.5 Å². The second-order valence-electron chi connectivity index (χ2n) is 6.89. The summed E-state index contributed by atoms with van der Waals surface area (Å²) in [6.07, 6.45) is 3.55. The van der Waals surface area contributed by atoms with Gasteiger partial charge in [-0.05, 0) is 30.3 Å². The normalized spacial score (nSPS) is 15.4. The Labute approximate surface area is 162 Å². The van der Waals surface area contributed by atoms with Gasteiger partial charge in [0.2, 0.25) is 5.88 Å². The molecule has 0 amide bonds. The van der Waals surface area contributed by atoms with Gasteiger partial charge >= 0.3 is 0 Å². The molecule has 5 rings (SSSR count). The van der Waals surface area contributed by atoms with Crippen molar-refractivity contribution in [1.29, 1.82) is 0 Å². The van der Waals surface area contributed by atoms with E-state index in [0.29, 0.717) is 5.88 Å². The third-order valence-corrected chi connectivity index (χ3v) is 5.26. The Kier molecular flexibility index (Phi) is 4.25. The first-order valence-corrected chi connectivity index (χ1v) is 9.36. The van der Waals surface area contributed by atoms with E-state index < -0.39 is 0 Å². The van der Waals surface area contributed by atoms with Crippen LogP contribution in [0.3, 0.4) is 0 Å². The molecule has 1 aliphatic rings.